The number of hydrogen-bond acceptors (Lipinski definition) is 3. The smallest absolute Gasteiger partial charge is 0.0590 e. The summed E-state index contributed by atoms with van der Waals surface area (Å²) in [4.78, 5) is 2.84. The van der Waals surface area contributed by atoms with Crippen LogP contribution >= 0.6 is 0 Å². The van der Waals surface area contributed by atoms with E-state index in [2.05, 4.69) is 17.1 Å². The molecule has 3 heteroatoms. The van der Waals surface area contributed by atoms with Gasteiger partial charge in [-0.25, -0.2) is 0 Å². The summed E-state index contributed by atoms with van der Waals surface area (Å²) in [6, 6.07) is 2.38. The number of nitrogens with one attached hydrogen (secondary N) is 1. The fraction of sp³-hybridized carbons (Fsp3) is 1.00. The van der Waals surface area contributed by atoms with E-state index in [0.717, 1.165) is 24.7 Å². The highest BCUT2D eigenvalue weighted by Crippen LogP contribution is 2.31. The number of hydrogen-bond donors (Lipinski definition) is 1. The Bertz CT molecular complexity index is 276. The number of ether oxygens (including phenoxy) is 1. The normalized spacial score (nSPS) is 40.9. The van der Waals surface area contributed by atoms with E-state index >= 15 is 0 Å². The van der Waals surface area contributed by atoms with Crippen molar-refractivity contribution in [2.24, 2.45) is 0 Å². The Morgan fingerprint density at radius 2 is 2.16 bits per heavy atom. The molecule has 1 N–H and O–H groups in total. The molecule has 19 heavy (non-hydrogen) atoms. The molecule has 0 aromatic rings. The lowest BCUT2D eigenvalue weighted by atomic mass is 9.96. The first-order valence-electron chi connectivity index (χ1n) is 8.49. The van der Waals surface area contributed by atoms with Gasteiger partial charge in [-0.1, -0.05) is 13.3 Å². The van der Waals surface area contributed by atoms with Gasteiger partial charge in [-0.15, -0.1) is 0 Å². The highest BCUT2D eigenvalue weighted by molar-refractivity contribution is 4.95. The summed E-state index contributed by atoms with van der Waals surface area (Å²) < 4.78 is 5.93. The maximum Gasteiger partial charge on any atom is 0.0590 e. The molecular weight excluding hydrogens is 236 g/mol. The lowest BCUT2D eigenvalue weighted by Crippen LogP contribution is -2.51. The summed E-state index contributed by atoms with van der Waals surface area (Å²) in [5, 5.41) is 3.73. The Balaban J connectivity index is 1.59. The molecule has 3 aliphatic heterocycles. The van der Waals surface area contributed by atoms with Gasteiger partial charge < -0.3 is 10.1 Å². The Kier molecular flexibility index (Phi) is 4.78. The van der Waals surface area contributed by atoms with Gasteiger partial charge in [0.15, 0.2) is 0 Å². The van der Waals surface area contributed by atoms with Crippen molar-refractivity contribution in [3.8, 4) is 0 Å². The van der Waals surface area contributed by atoms with E-state index < -0.39 is 0 Å². The number of nitrogens with zero attached hydrogens (tertiary/aromatic N) is 1. The molecule has 3 fully saturated rings. The van der Waals surface area contributed by atoms with Gasteiger partial charge in [0.1, 0.15) is 0 Å². The zero-order valence-corrected chi connectivity index (χ0v) is 12.4. The van der Waals surface area contributed by atoms with Gasteiger partial charge in [-0.05, 0) is 58.0 Å². The van der Waals surface area contributed by atoms with Crippen LogP contribution in [0.1, 0.15) is 58.3 Å². The van der Waals surface area contributed by atoms with Gasteiger partial charge in [0.2, 0.25) is 0 Å². The molecular formula is C16H30N2O. The van der Waals surface area contributed by atoms with Crippen molar-refractivity contribution < 1.29 is 4.74 Å². The minimum absolute atomic E-state index is 0.529. The first-order chi connectivity index (χ1) is 9.38. The molecule has 0 spiro atoms. The summed E-state index contributed by atoms with van der Waals surface area (Å²) in [6.07, 6.45) is 11.1. The minimum Gasteiger partial charge on any atom is -0.378 e. The Morgan fingerprint density at radius 3 is 2.95 bits per heavy atom. The Labute approximate surface area is 118 Å². The predicted molar refractivity (Wildman–Crippen MR) is 78.4 cm³/mol. The molecule has 3 rings (SSSR count). The van der Waals surface area contributed by atoms with Crippen LogP contribution in [0.2, 0.25) is 0 Å². The van der Waals surface area contributed by atoms with Crippen molar-refractivity contribution in [3.63, 3.8) is 0 Å². The SMILES string of the molecule is CCCC1CC(N2CCCC2C2CCCN2)CCO1. The Morgan fingerprint density at radius 1 is 1.21 bits per heavy atom. The summed E-state index contributed by atoms with van der Waals surface area (Å²) in [5.74, 6) is 0. The second-order valence-corrected chi connectivity index (χ2v) is 6.61. The van der Waals surface area contributed by atoms with E-state index in [4.69, 9.17) is 4.74 Å². The van der Waals surface area contributed by atoms with Gasteiger partial charge in [0.05, 0.1) is 6.10 Å². The standard InChI is InChI=1S/C16H30N2O/c1-2-5-14-12-13(8-11-19-14)18-10-4-7-16(18)15-6-3-9-17-15/h13-17H,2-12H2,1H3. The zero-order chi connectivity index (χ0) is 13.1. The lowest BCUT2D eigenvalue weighted by molar-refractivity contribution is -0.0356. The highest BCUT2D eigenvalue weighted by atomic mass is 16.5. The molecule has 4 unspecified atom stereocenters. The van der Waals surface area contributed by atoms with Crippen LogP contribution < -0.4 is 5.32 Å². The topological polar surface area (TPSA) is 24.5 Å². The molecule has 0 aromatic carbocycles. The third-order valence-electron chi connectivity index (χ3n) is 5.32. The maximum atomic E-state index is 5.93. The van der Waals surface area contributed by atoms with Crippen molar-refractivity contribution in [1.29, 1.82) is 0 Å². The third-order valence-corrected chi connectivity index (χ3v) is 5.32. The van der Waals surface area contributed by atoms with Gasteiger partial charge in [-0.3, -0.25) is 4.90 Å². The van der Waals surface area contributed by atoms with Crippen LogP contribution in [0.15, 0.2) is 0 Å². The minimum atomic E-state index is 0.529. The summed E-state index contributed by atoms with van der Waals surface area (Å²) in [7, 11) is 0. The molecule has 0 aliphatic carbocycles. The quantitative estimate of drug-likeness (QED) is 0.846. The van der Waals surface area contributed by atoms with E-state index in [1.165, 1.54) is 64.5 Å². The first kappa shape index (κ1) is 13.8. The molecule has 0 amide bonds. The molecule has 0 saturated carbocycles. The Hall–Kier alpha value is -0.120. The fourth-order valence-corrected chi connectivity index (χ4v) is 4.42. The molecule has 3 aliphatic rings. The average molecular weight is 266 g/mol. The average Bonchev–Trinajstić information content (AvgIpc) is 3.10. The molecule has 0 aromatic heterocycles. The van der Waals surface area contributed by atoms with Crippen molar-refractivity contribution in [3.05, 3.63) is 0 Å². The molecule has 3 saturated heterocycles. The van der Waals surface area contributed by atoms with Crippen LogP contribution in [-0.4, -0.2) is 48.8 Å². The van der Waals surface area contributed by atoms with E-state index in [1.807, 2.05) is 0 Å². The van der Waals surface area contributed by atoms with Crippen LogP contribution in [-0.2, 0) is 4.74 Å². The van der Waals surface area contributed by atoms with Crippen molar-refractivity contribution in [2.75, 3.05) is 19.7 Å². The predicted octanol–water partition coefficient (Wildman–Crippen LogP) is 2.55. The lowest BCUT2D eigenvalue weighted by Gasteiger charge is -2.40. The van der Waals surface area contributed by atoms with E-state index in [0.29, 0.717) is 6.10 Å². The number of likely N-dealkylation sites (tertiary alicyclic amines) is 1. The second kappa shape index (κ2) is 6.55. The third kappa shape index (κ3) is 3.14. The fourth-order valence-electron chi connectivity index (χ4n) is 4.42. The van der Waals surface area contributed by atoms with Crippen molar-refractivity contribution >= 4 is 0 Å². The molecule has 110 valence electrons. The van der Waals surface area contributed by atoms with Crippen LogP contribution in [0.4, 0.5) is 0 Å². The first-order valence-corrected chi connectivity index (χ1v) is 8.49. The van der Waals surface area contributed by atoms with Crippen LogP contribution in [0.5, 0.6) is 0 Å². The largest absolute Gasteiger partial charge is 0.378 e. The molecule has 3 nitrogen and oxygen atoms in total. The highest BCUT2D eigenvalue weighted by Gasteiger charge is 2.38. The monoisotopic (exact) mass is 266 g/mol. The van der Waals surface area contributed by atoms with E-state index in [1.54, 1.807) is 0 Å². The summed E-state index contributed by atoms with van der Waals surface area (Å²) in [6.45, 7) is 5.82. The summed E-state index contributed by atoms with van der Waals surface area (Å²) >= 11 is 0. The molecule has 0 radical (unpaired) electrons. The van der Waals surface area contributed by atoms with E-state index in [9.17, 15) is 0 Å². The molecule has 0 bridgehead atoms. The summed E-state index contributed by atoms with van der Waals surface area (Å²) in [5.41, 5.74) is 0. The second-order valence-electron chi connectivity index (χ2n) is 6.61. The van der Waals surface area contributed by atoms with Gasteiger partial charge in [0, 0.05) is 24.7 Å². The molecule has 3 heterocycles. The zero-order valence-electron chi connectivity index (χ0n) is 12.4. The van der Waals surface area contributed by atoms with Crippen molar-refractivity contribution in [1.82, 2.24) is 10.2 Å². The van der Waals surface area contributed by atoms with E-state index in [-0.39, 0.29) is 0 Å². The number of rotatable bonds is 4. The van der Waals surface area contributed by atoms with Crippen LogP contribution in [0.25, 0.3) is 0 Å². The molecule has 4 atom stereocenters. The van der Waals surface area contributed by atoms with Crippen molar-refractivity contribution in [2.45, 2.75) is 82.5 Å². The van der Waals surface area contributed by atoms with Gasteiger partial charge in [0.25, 0.3) is 0 Å². The maximum absolute atomic E-state index is 5.93. The van der Waals surface area contributed by atoms with Gasteiger partial charge in [-0.2, -0.15) is 0 Å². The van der Waals surface area contributed by atoms with Gasteiger partial charge >= 0.3 is 0 Å². The van der Waals surface area contributed by atoms with Crippen LogP contribution in [0.3, 0.4) is 0 Å². The van der Waals surface area contributed by atoms with Crippen LogP contribution in [0, 0.1) is 0 Å².